The fourth-order valence-corrected chi connectivity index (χ4v) is 3.53. The summed E-state index contributed by atoms with van der Waals surface area (Å²) in [4.78, 5) is 12.6. The topological polar surface area (TPSA) is 110 Å². The van der Waals surface area contributed by atoms with E-state index in [1.165, 1.54) is 21.6 Å². The SMILES string of the molecule is CCN(CCCNC(=O)C(Cc1ccccc1)n1cnnn1)S(C)(=O)=O. The first-order valence-corrected chi connectivity index (χ1v) is 10.3. The highest BCUT2D eigenvalue weighted by atomic mass is 32.2. The van der Waals surface area contributed by atoms with Gasteiger partial charge in [-0.15, -0.1) is 5.10 Å². The fraction of sp³-hybridized carbons (Fsp3) is 0.500. The second-order valence-corrected chi connectivity index (χ2v) is 7.88. The van der Waals surface area contributed by atoms with Gasteiger partial charge in [-0.25, -0.2) is 17.4 Å². The van der Waals surface area contributed by atoms with Crippen molar-refractivity contribution in [2.75, 3.05) is 25.9 Å². The molecule has 0 radical (unpaired) electrons. The number of hydrogen-bond donors (Lipinski definition) is 1. The van der Waals surface area contributed by atoms with Crippen LogP contribution in [0.25, 0.3) is 0 Å². The van der Waals surface area contributed by atoms with Crippen LogP contribution in [0.2, 0.25) is 0 Å². The van der Waals surface area contributed by atoms with Gasteiger partial charge in [0.05, 0.1) is 6.26 Å². The van der Waals surface area contributed by atoms with Gasteiger partial charge in [0.1, 0.15) is 12.4 Å². The van der Waals surface area contributed by atoms with Gasteiger partial charge in [-0.1, -0.05) is 37.3 Å². The minimum Gasteiger partial charge on any atom is -0.354 e. The number of tetrazole rings is 1. The summed E-state index contributed by atoms with van der Waals surface area (Å²) >= 11 is 0. The van der Waals surface area contributed by atoms with Crippen molar-refractivity contribution in [1.29, 1.82) is 0 Å². The Balaban J connectivity index is 1.93. The molecule has 1 unspecified atom stereocenters. The Bertz CT molecular complexity index is 780. The maximum Gasteiger partial charge on any atom is 0.245 e. The normalized spacial score (nSPS) is 12.9. The predicted octanol–water partition coefficient (Wildman–Crippen LogP) is 0.245. The van der Waals surface area contributed by atoms with Gasteiger partial charge in [0, 0.05) is 26.1 Å². The van der Waals surface area contributed by atoms with Crippen molar-refractivity contribution < 1.29 is 13.2 Å². The van der Waals surface area contributed by atoms with Crippen molar-refractivity contribution >= 4 is 15.9 Å². The first-order valence-electron chi connectivity index (χ1n) is 8.41. The first-order chi connectivity index (χ1) is 12.4. The number of rotatable bonds is 10. The van der Waals surface area contributed by atoms with Crippen molar-refractivity contribution in [2.24, 2.45) is 0 Å². The number of nitrogens with one attached hydrogen (secondary N) is 1. The molecule has 0 aliphatic rings. The lowest BCUT2D eigenvalue weighted by molar-refractivity contribution is -0.124. The summed E-state index contributed by atoms with van der Waals surface area (Å²) in [7, 11) is -3.22. The Morgan fingerprint density at radius 2 is 2.04 bits per heavy atom. The Labute approximate surface area is 153 Å². The highest BCUT2D eigenvalue weighted by Crippen LogP contribution is 2.13. The van der Waals surface area contributed by atoms with Crippen LogP contribution in [0.4, 0.5) is 0 Å². The molecule has 1 heterocycles. The number of benzene rings is 1. The zero-order valence-corrected chi connectivity index (χ0v) is 15.8. The Morgan fingerprint density at radius 1 is 1.31 bits per heavy atom. The third-order valence-corrected chi connectivity index (χ3v) is 5.34. The number of sulfonamides is 1. The minimum atomic E-state index is -3.22. The number of carbonyl (C=O) groups is 1. The molecular formula is C16H24N6O3S. The van der Waals surface area contributed by atoms with Gasteiger partial charge in [0.2, 0.25) is 15.9 Å². The molecule has 26 heavy (non-hydrogen) atoms. The van der Waals surface area contributed by atoms with Crippen molar-refractivity contribution in [3.63, 3.8) is 0 Å². The quantitative estimate of drug-likeness (QED) is 0.592. The number of amides is 1. The molecule has 1 N–H and O–H groups in total. The van der Waals surface area contributed by atoms with Crippen LogP contribution in [0, 0.1) is 0 Å². The highest BCUT2D eigenvalue weighted by molar-refractivity contribution is 7.88. The van der Waals surface area contributed by atoms with Crippen LogP contribution < -0.4 is 5.32 Å². The lowest BCUT2D eigenvalue weighted by Crippen LogP contribution is -2.37. The summed E-state index contributed by atoms with van der Waals surface area (Å²) in [5.74, 6) is -0.205. The number of carbonyl (C=O) groups excluding carboxylic acids is 1. The first kappa shape index (κ1) is 20.0. The molecule has 0 saturated heterocycles. The molecule has 0 bridgehead atoms. The molecule has 0 fully saturated rings. The van der Waals surface area contributed by atoms with Gasteiger partial charge in [-0.05, 0) is 22.4 Å². The lowest BCUT2D eigenvalue weighted by atomic mass is 10.1. The smallest absolute Gasteiger partial charge is 0.245 e. The number of nitrogens with zero attached hydrogens (tertiary/aromatic N) is 5. The summed E-state index contributed by atoms with van der Waals surface area (Å²) in [6.45, 7) is 2.93. The molecule has 9 nitrogen and oxygen atoms in total. The van der Waals surface area contributed by atoms with Gasteiger partial charge in [0.25, 0.3) is 0 Å². The zero-order valence-electron chi connectivity index (χ0n) is 14.9. The predicted molar refractivity (Wildman–Crippen MR) is 96.7 cm³/mol. The third-order valence-electron chi connectivity index (χ3n) is 3.96. The summed E-state index contributed by atoms with van der Waals surface area (Å²) in [6.07, 6.45) is 3.58. The molecule has 0 aliphatic heterocycles. The summed E-state index contributed by atoms with van der Waals surface area (Å²) in [6, 6.07) is 9.05. The average Bonchev–Trinajstić information content (AvgIpc) is 3.13. The molecule has 0 spiro atoms. The molecule has 142 valence electrons. The molecule has 0 aliphatic carbocycles. The Kier molecular flexibility index (Phi) is 7.22. The second-order valence-electron chi connectivity index (χ2n) is 5.89. The maximum atomic E-state index is 12.6. The van der Waals surface area contributed by atoms with Crippen LogP contribution in [-0.2, 0) is 21.2 Å². The van der Waals surface area contributed by atoms with Crippen LogP contribution in [0.1, 0.15) is 24.9 Å². The van der Waals surface area contributed by atoms with Crippen molar-refractivity contribution in [3.05, 3.63) is 42.2 Å². The van der Waals surface area contributed by atoms with E-state index in [0.717, 1.165) is 5.56 Å². The van der Waals surface area contributed by atoms with E-state index in [0.29, 0.717) is 32.5 Å². The van der Waals surface area contributed by atoms with Crippen LogP contribution in [0.5, 0.6) is 0 Å². The van der Waals surface area contributed by atoms with E-state index < -0.39 is 16.1 Å². The average molecular weight is 380 g/mol. The Hall–Kier alpha value is -2.33. The fourth-order valence-electron chi connectivity index (χ4n) is 2.60. The lowest BCUT2D eigenvalue weighted by Gasteiger charge is -2.19. The largest absolute Gasteiger partial charge is 0.354 e. The van der Waals surface area contributed by atoms with E-state index in [1.54, 1.807) is 6.92 Å². The molecule has 1 atom stereocenters. The summed E-state index contributed by atoms with van der Waals surface area (Å²) < 4.78 is 25.9. The van der Waals surface area contributed by atoms with Crippen molar-refractivity contribution in [2.45, 2.75) is 25.8 Å². The van der Waals surface area contributed by atoms with Gasteiger partial charge >= 0.3 is 0 Å². The van der Waals surface area contributed by atoms with Crippen molar-refractivity contribution in [1.82, 2.24) is 29.8 Å². The van der Waals surface area contributed by atoms with E-state index in [9.17, 15) is 13.2 Å². The van der Waals surface area contributed by atoms with Gasteiger partial charge in [-0.3, -0.25) is 4.79 Å². The maximum absolute atomic E-state index is 12.6. The Morgan fingerprint density at radius 3 is 2.62 bits per heavy atom. The van der Waals surface area contributed by atoms with Crippen molar-refractivity contribution in [3.8, 4) is 0 Å². The molecular weight excluding hydrogens is 356 g/mol. The second kappa shape index (κ2) is 9.39. The van der Waals surface area contributed by atoms with Crippen LogP contribution in [0.3, 0.4) is 0 Å². The van der Waals surface area contributed by atoms with E-state index >= 15 is 0 Å². The number of hydrogen-bond acceptors (Lipinski definition) is 6. The molecule has 1 aromatic carbocycles. The summed E-state index contributed by atoms with van der Waals surface area (Å²) in [5, 5.41) is 13.9. The van der Waals surface area contributed by atoms with E-state index in [4.69, 9.17) is 0 Å². The summed E-state index contributed by atoms with van der Waals surface area (Å²) in [5.41, 5.74) is 0.998. The minimum absolute atomic E-state index is 0.205. The van der Waals surface area contributed by atoms with E-state index in [-0.39, 0.29) is 5.91 Å². The molecule has 2 aromatic rings. The molecule has 1 amide bonds. The zero-order chi connectivity index (χ0) is 19.0. The van der Waals surface area contributed by atoms with Crippen LogP contribution >= 0.6 is 0 Å². The van der Waals surface area contributed by atoms with Gasteiger partial charge in [0.15, 0.2) is 0 Å². The molecule has 0 saturated carbocycles. The van der Waals surface area contributed by atoms with Crippen LogP contribution in [-0.4, -0.2) is 64.7 Å². The molecule has 1 aromatic heterocycles. The highest BCUT2D eigenvalue weighted by Gasteiger charge is 2.22. The molecule has 2 rings (SSSR count). The standard InChI is InChI=1S/C16H24N6O3S/c1-3-21(26(2,24)25)11-7-10-17-16(23)15(22-13-18-19-20-22)12-14-8-5-4-6-9-14/h4-6,8-9,13,15H,3,7,10-12H2,1-2H3,(H,17,23). The number of aromatic nitrogens is 4. The van der Waals surface area contributed by atoms with Gasteiger partial charge < -0.3 is 5.32 Å². The molecule has 10 heteroatoms. The van der Waals surface area contributed by atoms with Gasteiger partial charge in [-0.2, -0.15) is 0 Å². The third kappa shape index (κ3) is 5.88. The van der Waals surface area contributed by atoms with E-state index in [1.807, 2.05) is 30.3 Å². The monoisotopic (exact) mass is 380 g/mol. The van der Waals surface area contributed by atoms with E-state index in [2.05, 4.69) is 20.8 Å². The van der Waals surface area contributed by atoms with Crippen LogP contribution in [0.15, 0.2) is 36.7 Å².